The largest absolute Gasteiger partial charge is 0.377 e. The minimum absolute atomic E-state index is 0.00903. The number of carbonyl (C=O) groups excluding carboxylic acids is 3. The lowest BCUT2D eigenvalue weighted by Gasteiger charge is -2.27. The fraction of sp³-hybridized carbons (Fsp3) is 0.486. The number of carbonyl (C=O) groups is 3. The van der Waals surface area contributed by atoms with Crippen molar-refractivity contribution in [2.24, 2.45) is 5.41 Å². The van der Waals surface area contributed by atoms with Crippen LogP contribution in [0, 0.1) is 12.3 Å². The van der Waals surface area contributed by atoms with Crippen molar-refractivity contribution in [3.63, 3.8) is 0 Å². The molecule has 0 N–H and O–H groups in total. The first-order valence-electron chi connectivity index (χ1n) is 16.4. The molecule has 1 spiro atoms. The summed E-state index contributed by atoms with van der Waals surface area (Å²) in [4.78, 5) is 60.7. The van der Waals surface area contributed by atoms with Crippen LogP contribution < -0.4 is 0 Å². The Hall–Kier alpha value is -3.90. The van der Waals surface area contributed by atoms with Crippen LogP contribution >= 0.6 is 15.9 Å². The van der Waals surface area contributed by atoms with Gasteiger partial charge in [0.15, 0.2) is 11.6 Å². The van der Waals surface area contributed by atoms with E-state index in [-0.39, 0.29) is 47.6 Å². The van der Waals surface area contributed by atoms with E-state index >= 15 is 0 Å². The number of Topliss-reactive ketones (excluding diaryl/α,β-unsaturated/α-hetero) is 2. The molecule has 0 aromatic carbocycles. The maximum absolute atomic E-state index is 14.3. The molecule has 1 amide bonds. The van der Waals surface area contributed by atoms with E-state index in [1.54, 1.807) is 29.3 Å². The fourth-order valence-corrected chi connectivity index (χ4v) is 7.78. The van der Waals surface area contributed by atoms with Crippen molar-refractivity contribution in [1.29, 1.82) is 0 Å². The van der Waals surface area contributed by atoms with Crippen LogP contribution in [0.25, 0.3) is 22.2 Å². The number of hydrogen-bond donors (Lipinski definition) is 0. The third-order valence-electron chi connectivity index (χ3n) is 10.0. The van der Waals surface area contributed by atoms with Crippen LogP contribution in [-0.2, 0) is 33.9 Å². The number of ketones is 2. The van der Waals surface area contributed by atoms with Gasteiger partial charge in [0.05, 0.1) is 42.2 Å². The van der Waals surface area contributed by atoms with Crippen LogP contribution in [0.15, 0.2) is 41.4 Å². The normalized spacial score (nSPS) is 23.4. The highest BCUT2D eigenvalue weighted by atomic mass is 79.9. The minimum atomic E-state index is -0.538. The SMILES string of the molecule is CC(=O)c1nn(CC(=O)N2[C@H]3C[C@@]4(CCCCCCCOCc5ccc(Br)nc5CC3=O)C[C@@H]24)c2cnc(-c3cnc(C)nc3)cc12. The lowest BCUT2D eigenvalue weighted by Crippen LogP contribution is -2.45. The van der Waals surface area contributed by atoms with E-state index in [4.69, 9.17) is 4.74 Å². The Bertz CT molecular complexity index is 1860. The number of rotatable bonds is 4. The zero-order valence-corrected chi connectivity index (χ0v) is 28.3. The Labute approximate surface area is 281 Å². The maximum atomic E-state index is 14.3. The van der Waals surface area contributed by atoms with Gasteiger partial charge in [-0.25, -0.2) is 15.0 Å². The van der Waals surface area contributed by atoms with E-state index in [1.807, 2.05) is 24.0 Å². The molecular weight excluding hydrogens is 662 g/mol. The second kappa shape index (κ2) is 13.0. The third-order valence-corrected chi connectivity index (χ3v) is 10.4. The zero-order chi connectivity index (χ0) is 32.7. The molecule has 47 heavy (non-hydrogen) atoms. The van der Waals surface area contributed by atoms with E-state index in [9.17, 15) is 14.4 Å². The highest BCUT2D eigenvalue weighted by molar-refractivity contribution is 9.10. The van der Waals surface area contributed by atoms with Gasteiger partial charge < -0.3 is 9.64 Å². The highest BCUT2D eigenvalue weighted by Gasteiger charge is 2.66. The molecule has 244 valence electrons. The number of halogens is 1. The fourth-order valence-electron chi connectivity index (χ4n) is 7.44. The quantitative estimate of drug-likeness (QED) is 0.197. The number of pyridine rings is 2. The first-order chi connectivity index (χ1) is 22.7. The Morgan fingerprint density at radius 1 is 1.04 bits per heavy atom. The summed E-state index contributed by atoms with van der Waals surface area (Å²) >= 11 is 3.47. The van der Waals surface area contributed by atoms with Crippen molar-refractivity contribution >= 4 is 44.3 Å². The highest BCUT2D eigenvalue weighted by Crippen LogP contribution is 2.62. The Balaban J connectivity index is 1.19. The van der Waals surface area contributed by atoms with Gasteiger partial charge in [-0.2, -0.15) is 5.10 Å². The summed E-state index contributed by atoms with van der Waals surface area (Å²) in [5.74, 6) is 0.257. The minimum Gasteiger partial charge on any atom is -0.377 e. The molecule has 12 heteroatoms. The molecule has 11 nitrogen and oxygen atoms in total. The molecule has 1 aliphatic carbocycles. The van der Waals surface area contributed by atoms with Crippen LogP contribution in [0.3, 0.4) is 0 Å². The monoisotopic (exact) mass is 699 g/mol. The summed E-state index contributed by atoms with van der Waals surface area (Å²) < 4.78 is 8.18. The van der Waals surface area contributed by atoms with Crippen LogP contribution in [0.5, 0.6) is 0 Å². The lowest BCUT2D eigenvalue weighted by atomic mass is 9.90. The number of likely N-dealkylation sites (tertiary alicyclic amines) is 1. The van der Waals surface area contributed by atoms with Crippen molar-refractivity contribution < 1.29 is 19.1 Å². The molecule has 7 rings (SSSR count). The summed E-state index contributed by atoms with van der Waals surface area (Å²) in [6, 6.07) is 5.12. The molecule has 2 fully saturated rings. The van der Waals surface area contributed by atoms with Gasteiger partial charge in [-0.1, -0.05) is 31.7 Å². The molecule has 4 aromatic rings. The van der Waals surface area contributed by atoms with Gasteiger partial charge in [0, 0.05) is 42.9 Å². The summed E-state index contributed by atoms with van der Waals surface area (Å²) in [5, 5.41) is 5.20. The Kier molecular flexibility index (Phi) is 8.73. The zero-order valence-electron chi connectivity index (χ0n) is 26.7. The summed E-state index contributed by atoms with van der Waals surface area (Å²) in [7, 11) is 0. The first kappa shape index (κ1) is 31.7. The van der Waals surface area contributed by atoms with E-state index in [1.165, 1.54) is 6.92 Å². The molecule has 2 aliphatic heterocycles. The number of nitrogens with zero attached hydrogens (tertiary/aromatic N) is 7. The van der Waals surface area contributed by atoms with E-state index in [0.717, 1.165) is 56.1 Å². The van der Waals surface area contributed by atoms with Crippen molar-refractivity contribution in [2.75, 3.05) is 6.61 Å². The molecule has 1 saturated carbocycles. The standard InChI is InChI=1S/C35H38BrN7O4/c1-21(44)34-25-12-26(24-16-37-22(2)38-17-24)39-18-29(25)42(41-34)19-33(46)43-28-14-35(15-31(35)43)10-6-4-3-5-7-11-47-20-23-8-9-32(36)40-27(23)13-30(28)45/h8-9,12,16-18,28,31H,3-7,10-11,13-15,19-20H2,1-2H3/t28-,31+,35-/m0/s1. The third kappa shape index (κ3) is 6.37. The van der Waals surface area contributed by atoms with Gasteiger partial charge in [0.25, 0.3) is 0 Å². The van der Waals surface area contributed by atoms with Crippen LogP contribution in [0.2, 0.25) is 0 Å². The number of aryl methyl sites for hydroxylation is 1. The van der Waals surface area contributed by atoms with Crippen LogP contribution in [0.1, 0.15) is 85.9 Å². The van der Waals surface area contributed by atoms with Gasteiger partial charge in [-0.15, -0.1) is 0 Å². The van der Waals surface area contributed by atoms with Gasteiger partial charge in [-0.05, 0) is 71.6 Å². The maximum Gasteiger partial charge on any atom is 0.245 e. The molecule has 4 aromatic heterocycles. The summed E-state index contributed by atoms with van der Waals surface area (Å²) in [6.07, 6.45) is 13.3. The molecule has 3 aliphatic rings. The van der Waals surface area contributed by atoms with E-state index in [0.29, 0.717) is 52.4 Å². The molecule has 0 unspecified atom stereocenters. The molecule has 0 radical (unpaired) electrons. The van der Waals surface area contributed by atoms with Gasteiger partial charge >= 0.3 is 0 Å². The summed E-state index contributed by atoms with van der Waals surface area (Å²) in [6.45, 7) is 4.27. The van der Waals surface area contributed by atoms with E-state index < -0.39 is 6.04 Å². The molecular formula is C35H38BrN7O4. The predicted octanol–water partition coefficient (Wildman–Crippen LogP) is 5.60. The Morgan fingerprint density at radius 2 is 1.83 bits per heavy atom. The number of ether oxygens (including phenoxy) is 1. The average Bonchev–Trinajstić information content (AvgIpc) is 3.46. The van der Waals surface area contributed by atoms with Gasteiger partial charge in [0.1, 0.15) is 22.7 Å². The smallest absolute Gasteiger partial charge is 0.245 e. The predicted molar refractivity (Wildman–Crippen MR) is 177 cm³/mol. The summed E-state index contributed by atoms with van der Waals surface area (Å²) in [5.41, 5.74) is 3.74. The van der Waals surface area contributed by atoms with Crippen molar-refractivity contribution in [1.82, 2.24) is 34.6 Å². The number of hydrogen-bond acceptors (Lipinski definition) is 9. The van der Waals surface area contributed by atoms with Gasteiger partial charge in [-0.3, -0.25) is 24.0 Å². The number of piperidine rings is 1. The van der Waals surface area contributed by atoms with Crippen LogP contribution in [-0.4, -0.2) is 70.8 Å². The van der Waals surface area contributed by atoms with Crippen molar-refractivity contribution in [2.45, 2.75) is 96.9 Å². The molecule has 1 saturated heterocycles. The Morgan fingerprint density at radius 3 is 2.64 bits per heavy atom. The number of fused-ring (bicyclic) bond motifs is 3. The van der Waals surface area contributed by atoms with Crippen molar-refractivity contribution in [3.8, 4) is 11.3 Å². The van der Waals surface area contributed by atoms with Gasteiger partial charge in [0.2, 0.25) is 5.91 Å². The number of aromatic nitrogens is 6. The topological polar surface area (TPSA) is 133 Å². The van der Waals surface area contributed by atoms with E-state index in [2.05, 4.69) is 41.0 Å². The second-order valence-corrected chi connectivity index (χ2v) is 14.0. The van der Waals surface area contributed by atoms with Crippen LogP contribution in [0.4, 0.5) is 0 Å². The lowest BCUT2D eigenvalue weighted by molar-refractivity contribution is -0.139. The average molecular weight is 701 g/mol. The molecule has 6 heterocycles. The molecule has 3 atom stereocenters. The first-order valence-corrected chi connectivity index (χ1v) is 17.2. The van der Waals surface area contributed by atoms with Crippen molar-refractivity contribution in [3.05, 3.63) is 64.2 Å². The molecule has 2 bridgehead atoms. The number of amides is 1. The second-order valence-electron chi connectivity index (χ2n) is 13.2.